The Bertz CT molecular complexity index is 1270. The van der Waals surface area contributed by atoms with Gasteiger partial charge in [-0.2, -0.15) is 0 Å². The molecule has 3 N–H and O–H groups in total. The van der Waals surface area contributed by atoms with E-state index in [0.29, 0.717) is 16.7 Å². The van der Waals surface area contributed by atoms with Crippen molar-refractivity contribution in [3.8, 4) is 0 Å². The summed E-state index contributed by atoms with van der Waals surface area (Å²) in [6.45, 7) is 0.260. The van der Waals surface area contributed by atoms with Crippen molar-refractivity contribution in [2.24, 2.45) is 0 Å². The smallest absolute Gasteiger partial charge is 0.255 e. The second-order valence-corrected chi connectivity index (χ2v) is 9.30. The molecule has 0 saturated carbocycles. The summed E-state index contributed by atoms with van der Waals surface area (Å²) in [6, 6.07) is 13.8. The molecule has 1 fully saturated rings. The number of amides is 4. The maximum atomic E-state index is 12.8. The summed E-state index contributed by atoms with van der Waals surface area (Å²) in [6.07, 6.45) is -0.356. The number of fused-ring (bicyclic) bond motifs is 2. The lowest BCUT2D eigenvalue weighted by atomic mass is 10.0. The van der Waals surface area contributed by atoms with E-state index in [1.54, 1.807) is 18.2 Å². The molecule has 9 heteroatoms. The number of piperidine rings is 1. The molecule has 1 saturated heterocycles. The SMILES string of the molecule is O=C1CCC(N2Cc3cc(C(=O)NCC(O)c4cc5ccccc5s4)ccc3C2=O)C(=O)N1. The number of hydrogen-bond acceptors (Lipinski definition) is 6. The number of benzene rings is 2. The molecule has 2 aliphatic rings. The van der Waals surface area contributed by atoms with Gasteiger partial charge in [0.05, 0.1) is 0 Å². The molecule has 3 heterocycles. The van der Waals surface area contributed by atoms with Crippen molar-refractivity contribution < 1.29 is 24.3 Å². The lowest BCUT2D eigenvalue weighted by Crippen LogP contribution is -2.52. The second-order valence-electron chi connectivity index (χ2n) is 8.18. The van der Waals surface area contributed by atoms with Crippen molar-refractivity contribution in [3.63, 3.8) is 0 Å². The minimum absolute atomic E-state index is 0.0596. The van der Waals surface area contributed by atoms with Crippen LogP contribution in [0, 0.1) is 0 Å². The molecular formula is C24H21N3O5S. The molecule has 4 amide bonds. The number of aliphatic hydroxyl groups is 1. The van der Waals surface area contributed by atoms with Crippen molar-refractivity contribution in [3.05, 3.63) is 70.1 Å². The number of imide groups is 1. The van der Waals surface area contributed by atoms with Gasteiger partial charge in [-0.05, 0) is 47.7 Å². The number of nitrogens with zero attached hydrogens (tertiary/aromatic N) is 1. The highest BCUT2D eigenvalue weighted by Gasteiger charge is 2.39. The third-order valence-electron chi connectivity index (χ3n) is 6.01. The Balaban J connectivity index is 1.25. The van der Waals surface area contributed by atoms with Crippen molar-refractivity contribution in [2.75, 3.05) is 6.54 Å². The fourth-order valence-electron chi connectivity index (χ4n) is 4.27. The van der Waals surface area contributed by atoms with Crippen LogP contribution in [0.4, 0.5) is 0 Å². The molecule has 0 bridgehead atoms. The maximum Gasteiger partial charge on any atom is 0.255 e. The van der Waals surface area contributed by atoms with Gasteiger partial charge in [-0.1, -0.05) is 18.2 Å². The highest BCUT2D eigenvalue weighted by Crippen LogP contribution is 2.30. The summed E-state index contributed by atoms with van der Waals surface area (Å²) in [5.41, 5.74) is 1.47. The first-order chi connectivity index (χ1) is 15.9. The Morgan fingerprint density at radius 2 is 2.00 bits per heavy atom. The van der Waals surface area contributed by atoms with Crippen LogP contribution < -0.4 is 10.6 Å². The van der Waals surface area contributed by atoms with Crippen molar-refractivity contribution in [1.29, 1.82) is 0 Å². The standard InChI is InChI=1S/C24H21N3O5S/c28-18(20-10-13-3-1-2-4-19(13)33-20)11-25-22(30)14-5-6-16-15(9-14)12-27(24(16)32)17-7-8-21(29)26-23(17)31/h1-6,9-10,17-18,28H,7-8,11-12H2,(H,25,30)(H,26,29,31). The van der Waals surface area contributed by atoms with Crippen molar-refractivity contribution >= 4 is 45.1 Å². The molecule has 2 aliphatic heterocycles. The van der Waals surface area contributed by atoms with Gasteiger partial charge in [0, 0.05) is 40.2 Å². The van der Waals surface area contributed by atoms with E-state index in [-0.39, 0.29) is 43.7 Å². The van der Waals surface area contributed by atoms with Crippen LogP contribution in [0.25, 0.3) is 10.1 Å². The van der Waals surface area contributed by atoms with Crippen LogP contribution in [-0.2, 0) is 16.1 Å². The Labute approximate surface area is 193 Å². The Morgan fingerprint density at radius 3 is 2.79 bits per heavy atom. The molecule has 8 nitrogen and oxygen atoms in total. The topological polar surface area (TPSA) is 116 Å². The fraction of sp³-hybridized carbons (Fsp3) is 0.250. The number of rotatable bonds is 5. The Morgan fingerprint density at radius 1 is 1.18 bits per heavy atom. The van der Waals surface area contributed by atoms with Gasteiger partial charge >= 0.3 is 0 Å². The third-order valence-corrected chi connectivity index (χ3v) is 7.23. The molecule has 2 unspecified atom stereocenters. The molecule has 33 heavy (non-hydrogen) atoms. The molecular weight excluding hydrogens is 442 g/mol. The molecule has 1 aromatic heterocycles. The first-order valence-corrected chi connectivity index (χ1v) is 11.4. The zero-order valence-corrected chi connectivity index (χ0v) is 18.4. The van der Waals surface area contributed by atoms with Gasteiger partial charge in [0.15, 0.2) is 0 Å². The van der Waals surface area contributed by atoms with Crippen LogP contribution in [0.3, 0.4) is 0 Å². The second kappa shape index (κ2) is 8.42. The first kappa shape index (κ1) is 21.3. The molecule has 168 valence electrons. The van der Waals surface area contributed by atoms with Gasteiger partial charge < -0.3 is 15.3 Å². The first-order valence-electron chi connectivity index (χ1n) is 10.6. The van der Waals surface area contributed by atoms with Gasteiger partial charge in [0.2, 0.25) is 11.8 Å². The Kier molecular flexibility index (Phi) is 5.43. The van der Waals surface area contributed by atoms with Gasteiger partial charge in [0.1, 0.15) is 12.1 Å². The minimum Gasteiger partial charge on any atom is -0.386 e. The molecule has 0 spiro atoms. The average molecular weight is 464 g/mol. The number of carbonyl (C=O) groups excluding carboxylic acids is 4. The van der Waals surface area contributed by atoms with Gasteiger partial charge in [0.25, 0.3) is 11.8 Å². The van der Waals surface area contributed by atoms with E-state index in [9.17, 15) is 24.3 Å². The van der Waals surface area contributed by atoms with E-state index in [2.05, 4.69) is 10.6 Å². The van der Waals surface area contributed by atoms with Crippen LogP contribution in [0.1, 0.15) is 50.1 Å². The van der Waals surface area contributed by atoms with Gasteiger partial charge in [-0.25, -0.2) is 0 Å². The summed E-state index contributed by atoms with van der Waals surface area (Å²) in [4.78, 5) is 51.3. The van der Waals surface area contributed by atoms with Crippen LogP contribution in [0.5, 0.6) is 0 Å². The molecule has 2 aromatic carbocycles. The number of carbonyl (C=O) groups is 4. The third kappa shape index (κ3) is 4.01. The number of hydrogen-bond donors (Lipinski definition) is 3. The van der Waals surface area contributed by atoms with E-state index in [0.717, 1.165) is 15.0 Å². The van der Waals surface area contributed by atoms with Crippen LogP contribution >= 0.6 is 11.3 Å². The largest absolute Gasteiger partial charge is 0.386 e. The molecule has 0 aliphatic carbocycles. The number of aliphatic hydroxyl groups excluding tert-OH is 1. The summed E-state index contributed by atoms with van der Waals surface area (Å²) < 4.78 is 1.07. The summed E-state index contributed by atoms with van der Waals surface area (Å²) in [5.74, 6) is -1.45. The van der Waals surface area contributed by atoms with E-state index < -0.39 is 18.1 Å². The van der Waals surface area contributed by atoms with Crippen molar-refractivity contribution in [1.82, 2.24) is 15.5 Å². The minimum atomic E-state index is -0.828. The quantitative estimate of drug-likeness (QED) is 0.502. The lowest BCUT2D eigenvalue weighted by molar-refractivity contribution is -0.136. The summed E-state index contributed by atoms with van der Waals surface area (Å²) in [5, 5.41) is 16.6. The highest BCUT2D eigenvalue weighted by atomic mass is 32.1. The fourth-order valence-corrected chi connectivity index (χ4v) is 5.32. The predicted octanol–water partition coefficient (Wildman–Crippen LogP) is 2.13. The zero-order valence-electron chi connectivity index (χ0n) is 17.5. The monoisotopic (exact) mass is 463 g/mol. The van der Waals surface area contributed by atoms with Gasteiger partial charge in [-0.15, -0.1) is 11.3 Å². The average Bonchev–Trinajstić information content (AvgIpc) is 3.38. The number of thiophene rings is 1. The van der Waals surface area contributed by atoms with E-state index >= 15 is 0 Å². The molecule has 5 rings (SSSR count). The zero-order chi connectivity index (χ0) is 23.1. The molecule has 0 radical (unpaired) electrons. The van der Waals surface area contributed by atoms with E-state index in [4.69, 9.17) is 0 Å². The van der Waals surface area contributed by atoms with Crippen molar-refractivity contribution in [2.45, 2.75) is 31.5 Å². The van der Waals surface area contributed by atoms with Crippen LogP contribution in [-0.4, -0.2) is 46.2 Å². The normalized spacial score (nSPS) is 18.9. The lowest BCUT2D eigenvalue weighted by Gasteiger charge is -2.29. The maximum absolute atomic E-state index is 12.8. The van der Waals surface area contributed by atoms with E-state index in [1.807, 2.05) is 30.3 Å². The predicted molar refractivity (Wildman–Crippen MR) is 122 cm³/mol. The Hall–Kier alpha value is -3.56. The summed E-state index contributed by atoms with van der Waals surface area (Å²) >= 11 is 1.49. The highest BCUT2D eigenvalue weighted by molar-refractivity contribution is 7.19. The number of nitrogens with one attached hydrogen (secondary N) is 2. The summed E-state index contributed by atoms with van der Waals surface area (Å²) in [7, 11) is 0. The van der Waals surface area contributed by atoms with Crippen LogP contribution in [0.15, 0.2) is 48.5 Å². The molecule has 3 aromatic rings. The van der Waals surface area contributed by atoms with Crippen LogP contribution in [0.2, 0.25) is 0 Å². The van der Waals surface area contributed by atoms with E-state index in [1.165, 1.54) is 16.2 Å². The van der Waals surface area contributed by atoms with Gasteiger partial charge in [-0.3, -0.25) is 24.5 Å². The molecule has 2 atom stereocenters.